The molecule has 7 heteroatoms. The Morgan fingerprint density at radius 1 is 1.04 bits per heavy atom. The topological polar surface area (TPSA) is 102 Å². The molecule has 0 saturated heterocycles. The number of esters is 1. The third-order valence-corrected chi connectivity index (χ3v) is 3.24. The van der Waals surface area contributed by atoms with E-state index in [9.17, 15) is 19.2 Å². The van der Waals surface area contributed by atoms with Gasteiger partial charge in [0.05, 0.1) is 6.54 Å². The highest BCUT2D eigenvalue weighted by Crippen LogP contribution is 2.18. The Labute approximate surface area is 153 Å². The van der Waals surface area contributed by atoms with Crippen molar-refractivity contribution in [2.75, 3.05) is 6.54 Å². The molecule has 0 radical (unpaired) electrons. The van der Waals surface area contributed by atoms with Crippen LogP contribution in [0.5, 0.6) is 0 Å². The van der Waals surface area contributed by atoms with Gasteiger partial charge in [0, 0.05) is 5.92 Å². The van der Waals surface area contributed by atoms with E-state index in [1.54, 1.807) is 65.0 Å². The van der Waals surface area contributed by atoms with Crippen LogP contribution in [-0.4, -0.2) is 35.7 Å². The van der Waals surface area contributed by atoms with Crippen LogP contribution in [0.4, 0.5) is 0 Å². The van der Waals surface area contributed by atoms with E-state index in [1.165, 1.54) is 0 Å². The number of Topliss-reactive ketones (excluding diaryl/α,β-unsaturated/α-hetero) is 1. The summed E-state index contributed by atoms with van der Waals surface area (Å²) in [6.45, 7) is 7.96. The monoisotopic (exact) mass is 362 g/mol. The number of carbonyl (C=O) groups is 4. The van der Waals surface area contributed by atoms with E-state index in [1.807, 2.05) is 0 Å². The van der Waals surface area contributed by atoms with Crippen molar-refractivity contribution in [3.05, 3.63) is 35.9 Å². The first kappa shape index (κ1) is 21.3. The molecule has 142 valence electrons. The number of rotatable bonds is 7. The predicted octanol–water partition coefficient (Wildman–Crippen LogP) is 1.53. The van der Waals surface area contributed by atoms with Gasteiger partial charge in [-0.15, -0.1) is 0 Å². The zero-order chi connectivity index (χ0) is 19.9. The molecule has 1 aromatic carbocycles. The molecule has 0 aliphatic heterocycles. The molecule has 0 bridgehead atoms. The van der Waals surface area contributed by atoms with Gasteiger partial charge in [0.25, 0.3) is 5.91 Å². The molecule has 1 atom stereocenters. The lowest BCUT2D eigenvalue weighted by molar-refractivity contribution is -0.158. The van der Waals surface area contributed by atoms with Crippen LogP contribution >= 0.6 is 0 Å². The Kier molecular flexibility index (Phi) is 7.49. The molecule has 0 heterocycles. The minimum absolute atomic E-state index is 0.413. The van der Waals surface area contributed by atoms with Crippen LogP contribution in [0.25, 0.3) is 0 Å². The van der Waals surface area contributed by atoms with Gasteiger partial charge < -0.3 is 15.4 Å². The third kappa shape index (κ3) is 7.04. The van der Waals surface area contributed by atoms with Crippen LogP contribution in [0.15, 0.2) is 30.3 Å². The van der Waals surface area contributed by atoms with Crippen LogP contribution in [0.1, 0.15) is 46.2 Å². The van der Waals surface area contributed by atoms with E-state index in [0.717, 1.165) is 0 Å². The predicted molar refractivity (Wildman–Crippen MR) is 96.0 cm³/mol. The molecule has 0 aromatic heterocycles. The lowest BCUT2D eigenvalue weighted by atomic mass is 10.1. The van der Waals surface area contributed by atoms with E-state index in [4.69, 9.17) is 4.74 Å². The van der Waals surface area contributed by atoms with Crippen LogP contribution in [0, 0.1) is 5.92 Å². The highest BCUT2D eigenvalue weighted by atomic mass is 16.6. The molecule has 0 fully saturated rings. The summed E-state index contributed by atoms with van der Waals surface area (Å²) in [4.78, 5) is 47.8. The van der Waals surface area contributed by atoms with Gasteiger partial charge in [-0.1, -0.05) is 44.2 Å². The Balaban J connectivity index is 2.80. The van der Waals surface area contributed by atoms with Gasteiger partial charge in [0.2, 0.25) is 11.7 Å². The lowest BCUT2D eigenvalue weighted by Gasteiger charge is -2.25. The van der Waals surface area contributed by atoms with Crippen molar-refractivity contribution in [2.45, 2.75) is 46.3 Å². The van der Waals surface area contributed by atoms with Gasteiger partial charge in [0.1, 0.15) is 5.60 Å². The quantitative estimate of drug-likeness (QED) is 0.566. The standard InChI is InChI=1S/C19H26N2O5/c1-12(2)16(23)17(24)20-11-14(22)21-15(13-9-7-6-8-10-13)18(25)26-19(3,4)5/h6-10,12,15H,11H2,1-5H3,(H,20,24)(H,21,22). The second-order valence-electron chi connectivity index (χ2n) is 7.15. The molecule has 0 saturated carbocycles. The summed E-state index contributed by atoms with van der Waals surface area (Å²) < 4.78 is 5.36. The lowest BCUT2D eigenvalue weighted by Crippen LogP contribution is -2.44. The van der Waals surface area contributed by atoms with Crippen LogP contribution in [0.2, 0.25) is 0 Å². The number of nitrogens with one attached hydrogen (secondary N) is 2. The minimum atomic E-state index is -1.01. The van der Waals surface area contributed by atoms with Crippen LogP contribution in [-0.2, 0) is 23.9 Å². The molecule has 0 spiro atoms. The maximum atomic E-state index is 12.5. The number of benzene rings is 1. The van der Waals surface area contributed by atoms with Crippen molar-refractivity contribution in [3.63, 3.8) is 0 Å². The van der Waals surface area contributed by atoms with Gasteiger partial charge in [-0.25, -0.2) is 4.79 Å². The number of hydrogen-bond acceptors (Lipinski definition) is 5. The fourth-order valence-electron chi connectivity index (χ4n) is 2.01. The zero-order valence-corrected chi connectivity index (χ0v) is 15.8. The Hall–Kier alpha value is -2.70. The maximum Gasteiger partial charge on any atom is 0.333 e. The number of carbonyl (C=O) groups excluding carboxylic acids is 4. The molecule has 0 aliphatic carbocycles. The second kappa shape index (κ2) is 9.12. The average Bonchev–Trinajstić information content (AvgIpc) is 2.55. The summed E-state index contributed by atoms with van der Waals surface area (Å²) >= 11 is 0. The molecule has 1 rings (SSSR count). The van der Waals surface area contributed by atoms with Gasteiger partial charge in [-0.05, 0) is 26.3 Å². The van der Waals surface area contributed by atoms with Crippen LogP contribution < -0.4 is 10.6 Å². The normalized spacial score (nSPS) is 12.2. The average molecular weight is 362 g/mol. The summed E-state index contributed by atoms with van der Waals surface area (Å²) in [5.74, 6) is -3.11. The number of amides is 2. The summed E-state index contributed by atoms with van der Waals surface area (Å²) in [5, 5.41) is 4.79. The van der Waals surface area contributed by atoms with Crippen LogP contribution in [0.3, 0.4) is 0 Å². The first-order valence-corrected chi connectivity index (χ1v) is 8.40. The first-order valence-electron chi connectivity index (χ1n) is 8.40. The highest BCUT2D eigenvalue weighted by Gasteiger charge is 2.28. The highest BCUT2D eigenvalue weighted by molar-refractivity contribution is 6.37. The number of ether oxygens (including phenoxy) is 1. The number of hydrogen-bond donors (Lipinski definition) is 2. The van der Waals surface area contributed by atoms with Crippen molar-refractivity contribution >= 4 is 23.6 Å². The summed E-state index contributed by atoms with van der Waals surface area (Å²) in [6.07, 6.45) is 0. The molecule has 2 N–H and O–H groups in total. The largest absolute Gasteiger partial charge is 0.458 e. The van der Waals surface area contributed by atoms with E-state index < -0.39 is 47.7 Å². The van der Waals surface area contributed by atoms with Crippen molar-refractivity contribution < 1.29 is 23.9 Å². The summed E-state index contributed by atoms with van der Waals surface area (Å²) in [7, 11) is 0. The molecule has 2 amide bonds. The van der Waals surface area contributed by atoms with Gasteiger partial charge in [0.15, 0.2) is 6.04 Å². The SMILES string of the molecule is CC(C)C(=O)C(=O)NCC(=O)NC(C(=O)OC(C)(C)C)c1ccccc1. The first-order chi connectivity index (χ1) is 12.0. The number of ketones is 1. The van der Waals surface area contributed by atoms with E-state index in [2.05, 4.69) is 10.6 Å². The van der Waals surface area contributed by atoms with Crippen molar-refractivity contribution in [1.82, 2.24) is 10.6 Å². The van der Waals surface area contributed by atoms with Crippen molar-refractivity contribution in [3.8, 4) is 0 Å². The Morgan fingerprint density at radius 3 is 2.12 bits per heavy atom. The minimum Gasteiger partial charge on any atom is -0.458 e. The van der Waals surface area contributed by atoms with E-state index in [-0.39, 0.29) is 0 Å². The Bertz CT molecular complexity index is 662. The summed E-state index contributed by atoms with van der Waals surface area (Å²) in [5.41, 5.74) is -0.160. The second-order valence-corrected chi connectivity index (χ2v) is 7.15. The summed E-state index contributed by atoms with van der Waals surface area (Å²) in [6, 6.07) is 7.63. The van der Waals surface area contributed by atoms with Gasteiger partial charge in [-0.3, -0.25) is 14.4 Å². The molecule has 1 unspecified atom stereocenters. The molecule has 0 aliphatic rings. The fraction of sp³-hybridized carbons (Fsp3) is 0.474. The molecule has 7 nitrogen and oxygen atoms in total. The van der Waals surface area contributed by atoms with E-state index >= 15 is 0 Å². The van der Waals surface area contributed by atoms with Gasteiger partial charge in [-0.2, -0.15) is 0 Å². The molecular formula is C19H26N2O5. The fourth-order valence-corrected chi connectivity index (χ4v) is 2.01. The molecule has 26 heavy (non-hydrogen) atoms. The smallest absolute Gasteiger partial charge is 0.333 e. The van der Waals surface area contributed by atoms with Crippen molar-refractivity contribution in [1.29, 1.82) is 0 Å². The van der Waals surface area contributed by atoms with E-state index in [0.29, 0.717) is 5.56 Å². The van der Waals surface area contributed by atoms with Crippen molar-refractivity contribution in [2.24, 2.45) is 5.92 Å². The maximum absolute atomic E-state index is 12.5. The Morgan fingerprint density at radius 2 is 1.62 bits per heavy atom. The third-order valence-electron chi connectivity index (χ3n) is 3.24. The molecule has 1 aromatic rings. The zero-order valence-electron chi connectivity index (χ0n) is 15.8. The molecular weight excluding hydrogens is 336 g/mol. The van der Waals surface area contributed by atoms with Gasteiger partial charge >= 0.3 is 5.97 Å².